The van der Waals surface area contributed by atoms with Gasteiger partial charge < -0.3 is 9.47 Å². The molecule has 11 rings (SSSR count). The van der Waals surface area contributed by atoms with E-state index in [1.165, 1.54) is 83.6 Å². The largest absolute Gasteiger partial charge is 0.310 e. The summed E-state index contributed by atoms with van der Waals surface area (Å²) in [6, 6.07) is 46.7. The van der Waals surface area contributed by atoms with E-state index in [1.54, 1.807) is 5.57 Å². The molecule has 5 aliphatic carbocycles. The minimum atomic E-state index is 0.330. The first-order valence-electron chi connectivity index (χ1n) is 19.2. The molecule has 0 saturated heterocycles. The van der Waals surface area contributed by atoms with Crippen LogP contribution in [0.25, 0.3) is 38.6 Å². The first-order chi connectivity index (χ1) is 26.2. The fourth-order valence-corrected chi connectivity index (χ4v) is 9.90. The van der Waals surface area contributed by atoms with E-state index in [0.29, 0.717) is 17.8 Å². The molecule has 1 heterocycles. The van der Waals surface area contributed by atoms with Gasteiger partial charge in [0.15, 0.2) is 0 Å². The van der Waals surface area contributed by atoms with E-state index in [1.807, 2.05) is 0 Å². The predicted molar refractivity (Wildman–Crippen MR) is 221 cm³/mol. The Morgan fingerprint density at radius 3 is 2.34 bits per heavy atom. The molecule has 0 N–H and O–H groups in total. The van der Waals surface area contributed by atoms with Gasteiger partial charge in [-0.2, -0.15) is 0 Å². The number of benzene rings is 5. The molecule has 0 spiro atoms. The Bertz CT molecular complexity index is 2710. The summed E-state index contributed by atoms with van der Waals surface area (Å²) in [5.74, 6) is 1.25. The lowest BCUT2D eigenvalue weighted by Gasteiger charge is -2.35. The fraction of sp³-hybridized carbons (Fsp3) is 0.137. The van der Waals surface area contributed by atoms with Crippen LogP contribution in [0.15, 0.2) is 209 Å². The highest BCUT2D eigenvalue weighted by atomic mass is 15.2. The number of para-hydroxylation sites is 3. The summed E-state index contributed by atoms with van der Waals surface area (Å²) in [5.41, 5.74) is 18.8. The molecule has 5 aliphatic rings. The topological polar surface area (TPSA) is 8.17 Å². The number of hydrogen-bond donors (Lipinski definition) is 0. The Morgan fingerprint density at radius 1 is 0.679 bits per heavy atom. The van der Waals surface area contributed by atoms with E-state index < -0.39 is 0 Å². The molecule has 2 nitrogen and oxygen atoms in total. The molecule has 2 heteroatoms. The van der Waals surface area contributed by atoms with Crippen LogP contribution in [0.1, 0.15) is 26.2 Å². The van der Waals surface area contributed by atoms with Crippen LogP contribution < -0.4 is 4.90 Å². The van der Waals surface area contributed by atoms with Crippen LogP contribution in [-0.2, 0) is 0 Å². The summed E-state index contributed by atoms with van der Waals surface area (Å²) in [4.78, 5) is 2.59. The number of anilines is 2. The molecule has 0 bridgehead atoms. The highest BCUT2D eigenvalue weighted by Gasteiger charge is 2.45. The Morgan fingerprint density at radius 2 is 1.45 bits per heavy atom. The quantitative estimate of drug-likeness (QED) is 0.176. The van der Waals surface area contributed by atoms with E-state index in [2.05, 4.69) is 186 Å². The standard InChI is InChI=1S/C51H40N2/c1-33-27-29-42-41-23-14-26-48(50(41)51-39-21-9-8-17-35(39)31-43(33)49(42)51)53(45-24-12-10-20-38(45)34-15-4-2-5-16-34)37-28-30-47-44(32-37)40-22-11-13-25-46(40)52(47)36-18-6-3-7-19-36/h2-7,9-16,18-22,24-33,41,43H,8,17,23H2,1H3. The maximum Gasteiger partial charge on any atom is 0.0542 e. The second kappa shape index (κ2) is 12.0. The fourth-order valence-electron chi connectivity index (χ4n) is 9.90. The van der Waals surface area contributed by atoms with Gasteiger partial charge in [0, 0.05) is 39.5 Å². The van der Waals surface area contributed by atoms with Gasteiger partial charge in [-0.3, -0.25) is 0 Å². The summed E-state index contributed by atoms with van der Waals surface area (Å²) in [7, 11) is 0. The average Bonchev–Trinajstić information content (AvgIpc) is 3.74. The van der Waals surface area contributed by atoms with E-state index in [9.17, 15) is 0 Å². The molecule has 0 aliphatic heterocycles. The van der Waals surface area contributed by atoms with Gasteiger partial charge in [-0.25, -0.2) is 0 Å². The van der Waals surface area contributed by atoms with Crippen molar-refractivity contribution >= 4 is 33.2 Å². The van der Waals surface area contributed by atoms with Crippen molar-refractivity contribution in [2.45, 2.75) is 26.2 Å². The molecule has 1 aromatic heterocycles. The molecule has 0 fully saturated rings. The predicted octanol–water partition coefficient (Wildman–Crippen LogP) is 13.1. The monoisotopic (exact) mass is 680 g/mol. The molecule has 0 radical (unpaired) electrons. The molecular formula is C51H40N2. The molecule has 254 valence electrons. The van der Waals surface area contributed by atoms with Crippen LogP contribution in [0.2, 0.25) is 0 Å². The van der Waals surface area contributed by atoms with Gasteiger partial charge >= 0.3 is 0 Å². The first-order valence-corrected chi connectivity index (χ1v) is 19.2. The Kier molecular flexibility index (Phi) is 6.89. The lowest BCUT2D eigenvalue weighted by atomic mass is 9.71. The zero-order chi connectivity index (χ0) is 35.0. The Labute approximate surface area is 311 Å². The van der Waals surface area contributed by atoms with E-state index >= 15 is 0 Å². The van der Waals surface area contributed by atoms with Crippen LogP contribution in [-0.4, -0.2) is 4.57 Å². The first kappa shape index (κ1) is 30.5. The third-order valence-electron chi connectivity index (χ3n) is 12.2. The van der Waals surface area contributed by atoms with Crippen molar-refractivity contribution in [1.82, 2.24) is 4.57 Å². The molecule has 3 unspecified atom stereocenters. The average molecular weight is 681 g/mol. The van der Waals surface area contributed by atoms with Gasteiger partial charge in [0.1, 0.15) is 0 Å². The van der Waals surface area contributed by atoms with E-state index in [0.717, 1.165) is 19.3 Å². The maximum absolute atomic E-state index is 2.62. The minimum Gasteiger partial charge on any atom is -0.310 e. The van der Waals surface area contributed by atoms with Crippen LogP contribution in [0.5, 0.6) is 0 Å². The van der Waals surface area contributed by atoms with Crippen molar-refractivity contribution < 1.29 is 0 Å². The number of hydrogen-bond acceptors (Lipinski definition) is 1. The van der Waals surface area contributed by atoms with Gasteiger partial charge in [0.2, 0.25) is 0 Å². The van der Waals surface area contributed by atoms with Crippen LogP contribution in [0.3, 0.4) is 0 Å². The van der Waals surface area contributed by atoms with Crippen molar-refractivity contribution in [2.75, 3.05) is 4.90 Å². The van der Waals surface area contributed by atoms with Crippen molar-refractivity contribution in [1.29, 1.82) is 0 Å². The van der Waals surface area contributed by atoms with Crippen LogP contribution >= 0.6 is 0 Å². The highest BCUT2D eigenvalue weighted by Crippen LogP contribution is 2.59. The Balaban J connectivity index is 1.21. The van der Waals surface area contributed by atoms with Gasteiger partial charge in [0.05, 0.1) is 22.4 Å². The second-order valence-electron chi connectivity index (χ2n) is 15.1. The Hall–Kier alpha value is -6.12. The van der Waals surface area contributed by atoms with Crippen molar-refractivity contribution in [3.63, 3.8) is 0 Å². The highest BCUT2D eigenvalue weighted by molar-refractivity contribution is 6.10. The number of rotatable bonds is 5. The second-order valence-corrected chi connectivity index (χ2v) is 15.1. The summed E-state index contributed by atoms with van der Waals surface area (Å²) in [6.07, 6.45) is 20.5. The molecular weight excluding hydrogens is 641 g/mol. The zero-order valence-electron chi connectivity index (χ0n) is 29.9. The van der Waals surface area contributed by atoms with E-state index in [4.69, 9.17) is 0 Å². The third-order valence-corrected chi connectivity index (χ3v) is 12.2. The number of fused-ring (bicyclic) bond motifs is 7. The smallest absolute Gasteiger partial charge is 0.0542 e. The lowest BCUT2D eigenvalue weighted by Crippen LogP contribution is -2.23. The normalized spacial score (nSPS) is 21.3. The summed E-state index contributed by atoms with van der Waals surface area (Å²) >= 11 is 0. The van der Waals surface area contributed by atoms with Crippen LogP contribution in [0.4, 0.5) is 11.4 Å². The van der Waals surface area contributed by atoms with Crippen molar-refractivity contribution in [3.8, 4) is 16.8 Å². The molecule has 53 heavy (non-hydrogen) atoms. The third kappa shape index (κ3) is 4.58. The number of nitrogens with zero attached hydrogens (tertiary/aromatic N) is 2. The summed E-state index contributed by atoms with van der Waals surface area (Å²) < 4.78 is 2.41. The summed E-state index contributed by atoms with van der Waals surface area (Å²) in [5, 5.41) is 2.52. The molecule has 6 aromatic rings. The van der Waals surface area contributed by atoms with Gasteiger partial charge in [-0.1, -0.05) is 128 Å². The van der Waals surface area contributed by atoms with Crippen molar-refractivity contribution in [2.24, 2.45) is 17.8 Å². The number of aromatic nitrogens is 1. The lowest BCUT2D eigenvalue weighted by molar-refractivity contribution is 0.566. The summed E-state index contributed by atoms with van der Waals surface area (Å²) in [6.45, 7) is 2.41. The number of allylic oxidation sites excluding steroid dienone is 13. The van der Waals surface area contributed by atoms with E-state index in [-0.39, 0.29) is 0 Å². The molecule has 3 atom stereocenters. The molecule has 5 aromatic carbocycles. The van der Waals surface area contributed by atoms with Gasteiger partial charge in [-0.15, -0.1) is 0 Å². The minimum absolute atomic E-state index is 0.330. The van der Waals surface area contributed by atoms with Gasteiger partial charge in [0.25, 0.3) is 0 Å². The molecule has 0 amide bonds. The maximum atomic E-state index is 2.62. The van der Waals surface area contributed by atoms with Crippen molar-refractivity contribution in [3.05, 3.63) is 209 Å². The van der Waals surface area contributed by atoms with Crippen LogP contribution in [0, 0.1) is 17.8 Å². The SMILES string of the molecule is CC1C=CC2=C3C(=C4C=CCCC4=CC31)C1=C(N(c3ccc4c(c3)c3ccccc3n4-c3ccccc3)c3ccccc3-c3ccccc3)C=CCC21. The molecule has 0 saturated carbocycles. The van der Waals surface area contributed by atoms with Gasteiger partial charge in [-0.05, 0) is 113 Å². The zero-order valence-corrected chi connectivity index (χ0v) is 29.9.